The van der Waals surface area contributed by atoms with Crippen molar-refractivity contribution in [1.82, 2.24) is 9.97 Å². The zero-order chi connectivity index (χ0) is 21.0. The van der Waals surface area contributed by atoms with Gasteiger partial charge in [0.05, 0.1) is 12.1 Å². The Bertz CT molecular complexity index is 1300. The molecule has 7 heteroatoms. The zero-order valence-electron chi connectivity index (χ0n) is 16.6. The van der Waals surface area contributed by atoms with Crippen LogP contribution < -0.4 is 15.0 Å². The van der Waals surface area contributed by atoms with Crippen molar-refractivity contribution in [3.8, 4) is 11.5 Å². The highest BCUT2D eigenvalue weighted by molar-refractivity contribution is 7.07. The number of nitrogens with one attached hydrogen (secondary N) is 2. The second-order valence-electron chi connectivity index (χ2n) is 7.02. The van der Waals surface area contributed by atoms with Gasteiger partial charge < -0.3 is 0 Å². The van der Waals surface area contributed by atoms with Crippen LogP contribution in [0.2, 0.25) is 0 Å². The zero-order valence-corrected chi connectivity index (χ0v) is 17.4. The molecule has 3 aromatic carbocycles. The van der Waals surface area contributed by atoms with Crippen LogP contribution in [0.3, 0.4) is 0 Å². The van der Waals surface area contributed by atoms with E-state index in [0.717, 1.165) is 33.8 Å². The molecule has 0 fully saturated rings. The fourth-order valence-corrected chi connectivity index (χ4v) is 4.05. The third-order valence-electron chi connectivity index (χ3n) is 5.00. The fraction of sp³-hybridized carbons (Fsp3) is 0.0417. The molecule has 2 N–H and O–H groups in total. The molecule has 5 aromatic rings. The van der Waals surface area contributed by atoms with Gasteiger partial charge in [-0.3, -0.25) is 4.90 Å². The normalized spacial score (nSPS) is 10.8. The van der Waals surface area contributed by atoms with Crippen LogP contribution in [0.1, 0.15) is 5.56 Å². The van der Waals surface area contributed by atoms with E-state index >= 15 is 0 Å². The molecule has 6 nitrogen and oxygen atoms in total. The number of anilines is 1. The minimum atomic E-state index is -0.235. The highest BCUT2D eigenvalue weighted by atomic mass is 32.1. The van der Waals surface area contributed by atoms with Crippen LogP contribution in [-0.2, 0) is 6.54 Å². The van der Waals surface area contributed by atoms with Crippen molar-refractivity contribution in [3.63, 3.8) is 0 Å². The SMILES string of the molecule is O=C(N[n+]1c(-c2cscn2)[nH]c2ccccc21)N(Cc1ccccc1)c1ccccc1. The van der Waals surface area contributed by atoms with Crippen molar-refractivity contribution >= 4 is 34.1 Å². The van der Waals surface area contributed by atoms with E-state index in [1.54, 1.807) is 15.1 Å². The van der Waals surface area contributed by atoms with Gasteiger partial charge >= 0.3 is 11.9 Å². The molecular formula is C24H20N5OS+. The van der Waals surface area contributed by atoms with Crippen molar-refractivity contribution < 1.29 is 9.47 Å². The number of amides is 2. The van der Waals surface area contributed by atoms with Crippen LogP contribution in [0, 0.1) is 0 Å². The van der Waals surface area contributed by atoms with E-state index in [2.05, 4.69) is 15.4 Å². The van der Waals surface area contributed by atoms with Crippen LogP contribution in [0.5, 0.6) is 0 Å². The lowest BCUT2D eigenvalue weighted by Gasteiger charge is -2.22. The van der Waals surface area contributed by atoms with Crippen molar-refractivity contribution in [2.24, 2.45) is 0 Å². The minimum absolute atomic E-state index is 0.235. The summed E-state index contributed by atoms with van der Waals surface area (Å²) in [7, 11) is 0. The van der Waals surface area contributed by atoms with E-state index in [0.29, 0.717) is 6.54 Å². The second kappa shape index (κ2) is 8.41. The number of urea groups is 1. The van der Waals surface area contributed by atoms with Gasteiger partial charge in [-0.05, 0) is 29.8 Å². The summed E-state index contributed by atoms with van der Waals surface area (Å²) in [6.07, 6.45) is 0. The number of hydrogen-bond donors (Lipinski definition) is 2. The van der Waals surface area contributed by atoms with E-state index in [1.165, 1.54) is 11.3 Å². The van der Waals surface area contributed by atoms with Crippen molar-refractivity contribution in [1.29, 1.82) is 0 Å². The maximum absolute atomic E-state index is 13.5. The fourth-order valence-electron chi connectivity index (χ4n) is 3.51. The van der Waals surface area contributed by atoms with E-state index < -0.39 is 0 Å². The number of fused-ring (bicyclic) bond motifs is 1. The Kier molecular flexibility index (Phi) is 5.16. The predicted octanol–water partition coefficient (Wildman–Crippen LogP) is 4.95. The number of carbonyl (C=O) groups is 1. The van der Waals surface area contributed by atoms with Crippen molar-refractivity contribution in [2.45, 2.75) is 6.54 Å². The molecule has 0 aliphatic carbocycles. The van der Waals surface area contributed by atoms with Gasteiger partial charge in [0.25, 0.3) is 0 Å². The Morgan fingerprint density at radius 1 is 0.968 bits per heavy atom. The van der Waals surface area contributed by atoms with Crippen molar-refractivity contribution in [2.75, 3.05) is 10.3 Å². The van der Waals surface area contributed by atoms with Crippen LogP contribution in [0.4, 0.5) is 10.5 Å². The summed E-state index contributed by atoms with van der Waals surface area (Å²) in [6, 6.07) is 27.2. The van der Waals surface area contributed by atoms with E-state index in [-0.39, 0.29) is 6.03 Å². The van der Waals surface area contributed by atoms with Crippen LogP contribution in [0.15, 0.2) is 95.8 Å². The molecule has 5 rings (SSSR count). The molecule has 2 heterocycles. The minimum Gasteiger partial charge on any atom is -0.287 e. The monoisotopic (exact) mass is 426 g/mol. The molecule has 2 aromatic heterocycles. The van der Waals surface area contributed by atoms with Gasteiger partial charge in [0, 0.05) is 11.1 Å². The molecule has 152 valence electrons. The molecule has 0 saturated carbocycles. The van der Waals surface area contributed by atoms with Crippen LogP contribution in [-0.4, -0.2) is 16.0 Å². The van der Waals surface area contributed by atoms with E-state index in [4.69, 9.17) is 0 Å². The number of para-hydroxylation sites is 3. The average molecular weight is 427 g/mol. The van der Waals surface area contributed by atoms with Crippen LogP contribution >= 0.6 is 11.3 Å². The Labute approximate surface area is 183 Å². The summed E-state index contributed by atoms with van der Waals surface area (Å²) >= 11 is 1.51. The summed E-state index contributed by atoms with van der Waals surface area (Å²) in [5.41, 5.74) is 9.28. The number of thiazole rings is 1. The number of aromatic nitrogens is 3. The molecule has 0 aliphatic rings. The number of imidazole rings is 1. The number of benzene rings is 3. The highest BCUT2D eigenvalue weighted by Gasteiger charge is 2.26. The number of hydrogen-bond acceptors (Lipinski definition) is 3. The Morgan fingerprint density at radius 3 is 2.42 bits per heavy atom. The smallest absolute Gasteiger partial charge is 0.287 e. The summed E-state index contributed by atoms with van der Waals surface area (Å²) in [5, 5.41) is 1.95. The first-order valence-electron chi connectivity index (χ1n) is 9.88. The first-order chi connectivity index (χ1) is 15.3. The number of H-pyrrole nitrogens is 1. The first-order valence-corrected chi connectivity index (χ1v) is 10.8. The summed E-state index contributed by atoms with van der Waals surface area (Å²) in [5.74, 6) is 0.725. The molecule has 0 spiro atoms. The molecule has 0 atom stereocenters. The lowest BCUT2D eigenvalue weighted by Crippen LogP contribution is -2.54. The van der Waals surface area contributed by atoms with Gasteiger partial charge in [-0.2, -0.15) is 5.43 Å². The predicted molar refractivity (Wildman–Crippen MR) is 123 cm³/mol. The molecule has 31 heavy (non-hydrogen) atoms. The highest BCUT2D eigenvalue weighted by Crippen LogP contribution is 2.20. The molecule has 2 amide bonds. The van der Waals surface area contributed by atoms with Gasteiger partial charge in [-0.15, -0.1) is 16.0 Å². The van der Waals surface area contributed by atoms with Crippen LogP contribution in [0.25, 0.3) is 22.6 Å². The molecule has 0 unspecified atom stereocenters. The van der Waals surface area contributed by atoms with Gasteiger partial charge in [0.15, 0.2) is 11.2 Å². The second-order valence-corrected chi connectivity index (χ2v) is 7.74. The molecule has 0 radical (unpaired) electrons. The molecular weight excluding hydrogens is 406 g/mol. The maximum Gasteiger partial charge on any atom is 0.358 e. The number of nitrogens with zero attached hydrogens (tertiary/aromatic N) is 3. The molecule has 0 bridgehead atoms. The molecule has 0 saturated heterocycles. The van der Waals surface area contributed by atoms with Gasteiger partial charge in [-0.25, -0.2) is 14.8 Å². The summed E-state index contributed by atoms with van der Waals surface area (Å²) in [6.45, 7) is 0.450. The van der Waals surface area contributed by atoms with Gasteiger partial charge in [-0.1, -0.05) is 60.7 Å². The lowest BCUT2D eigenvalue weighted by atomic mass is 10.2. The van der Waals surface area contributed by atoms with Crippen molar-refractivity contribution in [3.05, 3.63) is 101 Å². The van der Waals surface area contributed by atoms with E-state index in [1.807, 2.05) is 90.3 Å². The van der Waals surface area contributed by atoms with Gasteiger partial charge in [0.1, 0.15) is 0 Å². The number of carbonyl (C=O) groups excluding carboxylic acids is 1. The van der Waals surface area contributed by atoms with E-state index in [9.17, 15) is 4.79 Å². The number of aromatic amines is 1. The largest absolute Gasteiger partial charge is 0.358 e. The number of rotatable bonds is 5. The van der Waals surface area contributed by atoms with Gasteiger partial charge in [0.2, 0.25) is 5.52 Å². The molecule has 0 aliphatic heterocycles. The topological polar surface area (TPSA) is 64.9 Å². The Morgan fingerprint density at radius 2 is 1.68 bits per heavy atom. The third kappa shape index (κ3) is 3.91. The Hall–Kier alpha value is -3.97. The maximum atomic E-state index is 13.5. The quantitative estimate of drug-likeness (QED) is 0.391. The first kappa shape index (κ1) is 19.0. The third-order valence-corrected chi connectivity index (χ3v) is 5.59. The summed E-state index contributed by atoms with van der Waals surface area (Å²) in [4.78, 5) is 23.1. The average Bonchev–Trinajstić information content (AvgIpc) is 3.47. The lowest BCUT2D eigenvalue weighted by molar-refractivity contribution is -0.602. The Balaban J connectivity index is 1.54. The summed E-state index contributed by atoms with van der Waals surface area (Å²) < 4.78 is 1.77. The standard InChI is InChI=1S/C24H19N5OS/c30-24(28(19-11-5-2-6-12-19)15-18-9-3-1-4-10-18)27-29-22-14-8-7-13-20(22)26-23(29)21-16-31-17-25-21/h1-14,16-17H,15H2,(H,27,30)/p+1.